The van der Waals surface area contributed by atoms with Gasteiger partial charge >= 0.3 is 0 Å². The minimum absolute atomic E-state index is 0.0421. The lowest BCUT2D eigenvalue weighted by atomic mass is 10.1. The third-order valence-corrected chi connectivity index (χ3v) is 4.97. The van der Waals surface area contributed by atoms with E-state index in [1.165, 1.54) is 12.8 Å². The van der Waals surface area contributed by atoms with Gasteiger partial charge in [-0.1, -0.05) is 18.2 Å². The fourth-order valence-corrected chi connectivity index (χ4v) is 3.67. The molecule has 1 fully saturated rings. The van der Waals surface area contributed by atoms with Crippen molar-refractivity contribution in [1.29, 1.82) is 0 Å². The minimum atomic E-state index is 0.0421. The lowest BCUT2D eigenvalue weighted by Crippen LogP contribution is -2.37. The van der Waals surface area contributed by atoms with E-state index in [4.69, 9.17) is 4.42 Å². The maximum Gasteiger partial charge on any atom is 0.224 e. The van der Waals surface area contributed by atoms with Gasteiger partial charge in [-0.05, 0) is 49.7 Å². The van der Waals surface area contributed by atoms with Crippen molar-refractivity contribution in [3.8, 4) is 0 Å². The van der Waals surface area contributed by atoms with Gasteiger partial charge in [0.25, 0.3) is 0 Å². The summed E-state index contributed by atoms with van der Waals surface area (Å²) in [5.74, 6) is 0.967. The van der Waals surface area contributed by atoms with Crippen LogP contribution in [0.4, 0.5) is 0 Å². The second kappa shape index (κ2) is 7.15. The van der Waals surface area contributed by atoms with Gasteiger partial charge in [0.15, 0.2) is 0 Å². The highest BCUT2D eigenvalue weighted by atomic mass is 16.3. The molecule has 3 aromatic rings. The van der Waals surface area contributed by atoms with Crippen LogP contribution in [0.3, 0.4) is 0 Å². The maximum absolute atomic E-state index is 12.5. The average molecular weight is 337 g/mol. The van der Waals surface area contributed by atoms with Gasteiger partial charge in [0.1, 0.15) is 5.76 Å². The zero-order valence-electron chi connectivity index (χ0n) is 14.2. The number of carbonyl (C=O) groups is 1. The second-order valence-electron chi connectivity index (χ2n) is 6.61. The Kier molecular flexibility index (Phi) is 4.57. The zero-order chi connectivity index (χ0) is 17.1. The van der Waals surface area contributed by atoms with Crippen molar-refractivity contribution < 1.29 is 9.21 Å². The molecule has 2 N–H and O–H groups in total. The van der Waals surface area contributed by atoms with E-state index >= 15 is 0 Å². The Hall–Kier alpha value is -2.53. The summed E-state index contributed by atoms with van der Waals surface area (Å²) in [6, 6.07) is 12.1. The number of hydrogen-bond acceptors (Lipinski definition) is 3. The predicted octanol–water partition coefficient (Wildman–Crippen LogP) is 3.26. The lowest BCUT2D eigenvalue weighted by Gasteiger charge is -2.26. The van der Waals surface area contributed by atoms with Crippen LogP contribution in [0.25, 0.3) is 10.9 Å². The number of H-pyrrole nitrogens is 1. The Balaban J connectivity index is 1.41. The van der Waals surface area contributed by atoms with Crippen molar-refractivity contribution in [3.63, 3.8) is 0 Å². The Morgan fingerprint density at radius 3 is 2.84 bits per heavy atom. The van der Waals surface area contributed by atoms with Crippen LogP contribution < -0.4 is 5.32 Å². The molecule has 1 atom stereocenters. The highest BCUT2D eigenvalue weighted by Gasteiger charge is 2.26. The maximum atomic E-state index is 12.5. The van der Waals surface area contributed by atoms with Crippen LogP contribution in [0, 0.1) is 0 Å². The van der Waals surface area contributed by atoms with Crippen molar-refractivity contribution in [2.75, 3.05) is 19.6 Å². The van der Waals surface area contributed by atoms with E-state index in [-0.39, 0.29) is 11.9 Å². The molecule has 1 aliphatic rings. The number of para-hydroxylation sites is 1. The number of amides is 1. The number of furan rings is 1. The third kappa shape index (κ3) is 3.46. The number of nitrogens with zero attached hydrogens (tertiary/aromatic N) is 1. The normalized spacial score (nSPS) is 16.3. The van der Waals surface area contributed by atoms with Gasteiger partial charge < -0.3 is 14.7 Å². The van der Waals surface area contributed by atoms with Crippen LogP contribution in [0.5, 0.6) is 0 Å². The number of aromatic amines is 1. The summed E-state index contributed by atoms with van der Waals surface area (Å²) in [5.41, 5.74) is 2.10. The fourth-order valence-electron chi connectivity index (χ4n) is 3.67. The molecule has 2 aromatic heterocycles. The number of fused-ring (bicyclic) bond motifs is 1. The molecule has 0 radical (unpaired) electrons. The Bertz CT molecular complexity index is 832. The molecule has 1 amide bonds. The van der Waals surface area contributed by atoms with Crippen molar-refractivity contribution >= 4 is 16.8 Å². The molecule has 5 heteroatoms. The molecule has 5 nitrogen and oxygen atoms in total. The van der Waals surface area contributed by atoms with E-state index in [1.54, 1.807) is 6.26 Å². The number of hydrogen-bond donors (Lipinski definition) is 2. The topological polar surface area (TPSA) is 61.3 Å². The summed E-state index contributed by atoms with van der Waals surface area (Å²) in [5, 5.41) is 4.21. The molecular formula is C20H23N3O2. The van der Waals surface area contributed by atoms with Crippen LogP contribution in [-0.4, -0.2) is 35.4 Å². The summed E-state index contributed by atoms with van der Waals surface area (Å²) in [4.78, 5) is 18.1. The molecule has 130 valence electrons. The first-order valence-corrected chi connectivity index (χ1v) is 8.90. The van der Waals surface area contributed by atoms with Gasteiger partial charge in [0, 0.05) is 23.6 Å². The molecule has 1 aromatic carbocycles. The summed E-state index contributed by atoms with van der Waals surface area (Å²) in [6.45, 7) is 2.70. The van der Waals surface area contributed by atoms with E-state index in [9.17, 15) is 4.79 Å². The van der Waals surface area contributed by atoms with E-state index in [1.807, 2.05) is 42.6 Å². The van der Waals surface area contributed by atoms with Crippen LogP contribution in [-0.2, 0) is 11.2 Å². The third-order valence-electron chi connectivity index (χ3n) is 4.97. The van der Waals surface area contributed by atoms with E-state index < -0.39 is 0 Å². The largest absolute Gasteiger partial charge is 0.468 e. The van der Waals surface area contributed by atoms with Crippen LogP contribution in [0.1, 0.15) is 30.2 Å². The first-order chi connectivity index (χ1) is 12.3. The number of carbonyl (C=O) groups excluding carboxylic acids is 1. The highest BCUT2D eigenvalue weighted by Crippen LogP contribution is 2.25. The molecule has 1 unspecified atom stereocenters. The Labute approximate surface area is 147 Å². The second-order valence-corrected chi connectivity index (χ2v) is 6.61. The predicted molar refractivity (Wildman–Crippen MR) is 97.3 cm³/mol. The Morgan fingerprint density at radius 2 is 2.04 bits per heavy atom. The van der Waals surface area contributed by atoms with E-state index in [0.717, 1.165) is 35.3 Å². The summed E-state index contributed by atoms with van der Waals surface area (Å²) in [7, 11) is 0. The number of nitrogens with one attached hydrogen (secondary N) is 2. The number of likely N-dealkylation sites (tertiary alicyclic amines) is 1. The molecule has 25 heavy (non-hydrogen) atoms. The zero-order valence-corrected chi connectivity index (χ0v) is 14.2. The summed E-state index contributed by atoms with van der Waals surface area (Å²) in [6.07, 6.45) is 6.43. The Morgan fingerprint density at radius 1 is 1.20 bits per heavy atom. The van der Waals surface area contributed by atoms with Crippen LogP contribution >= 0.6 is 0 Å². The van der Waals surface area contributed by atoms with Crippen molar-refractivity contribution in [1.82, 2.24) is 15.2 Å². The van der Waals surface area contributed by atoms with Gasteiger partial charge in [0.2, 0.25) is 5.91 Å². The number of aromatic nitrogens is 1. The fraction of sp³-hybridized carbons (Fsp3) is 0.350. The summed E-state index contributed by atoms with van der Waals surface area (Å²) < 4.78 is 5.61. The quantitative estimate of drug-likeness (QED) is 0.726. The van der Waals surface area contributed by atoms with Gasteiger partial charge in [-0.2, -0.15) is 0 Å². The number of rotatable bonds is 6. The van der Waals surface area contributed by atoms with Crippen molar-refractivity contribution in [2.45, 2.75) is 25.3 Å². The molecule has 0 bridgehead atoms. The molecular weight excluding hydrogens is 314 g/mol. The number of benzene rings is 1. The highest BCUT2D eigenvalue weighted by molar-refractivity contribution is 5.88. The summed E-state index contributed by atoms with van der Waals surface area (Å²) >= 11 is 0. The SMILES string of the molecule is O=C(Cc1c[nH]c2ccccc12)NCC(c1ccco1)N1CCCC1. The molecule has 1 aliphatic heterocycles. The van der Waals surface area contributed by atoms with Crippen LogP contribution in [0.2, 0.25) is 0 Å². The molecule has 4 rings (SSSR count). The van der Waals surface area contributed by atoms with Gasteiger partial charge in [-0.15, -0.1) is 0 Å². The molecule has 1 saturated heterocycles. The van der Waals surface area contributed by atoms with Crippen molar-refractivity contribution in [3.05, 3.63) is 60.2 Å². The van der Waals surface area contributed by atoms with Gasteiger partial charge in [0.05, 0.1) is 18.7 Å². The van der Waals surface area contributed by atoms with E-state index in [2.05, 4.69) is 15.2 Å². The van der Waals surface area contributed by atoms with Crippen LogP contribution in [0.15, 0.2) is 53.3 Å². The van der Waals surface area contributed by atoms with Crippen molar-refractivity contribution in [2.24, 2.45) is 0 Å². The smallest absolute Gasteiger partial charge is 0.224 e. The van der Waals surface area contributed by atoms with E-state index in [0.29, 0.717) is 13.0 Å². The van der Waals surface area contributed by atoms with Gasteiger partial charge in [-0.25, -0.2) is 0 Å². The minimum Gasteiger partial charge on any atom is -0.468 e. The molecule has 0 saturated carbocycles. The van der Waals surface area contributed by atoms with Gasteiger partial charge in [-0.3, -0.25) is 9.69 Å². The standard InChI is InChI=1S/C20H23N3O2/c24-20(12-15-13-21-17-7-2-1-6-16(15)17)22-14-18(19-8-5-11-25-19)23-9-3-4-10-23/h1-2,5-8,11,13,18,21H,3-4,9-10,12,14H2,(H,22,24). The first-order valence-electron chi connectivity index (χ1n) is 8.90. The lowest BCUT2D eigenvalue weighted by molar-refractivity contribution is -0.120. The monoisotopic (exact) mass is 337 g/mol. The first kappa shape index (κ1) is 16.0. The molecule has 3 heterocycles. The molecule has 0 spiro atoms. The average Bonchev–Trinajstić information content (AvgIpc) is 3.38. The molecule has 0 aliphatic carbocycles.